The summed E-state index contributed by atoms with van der Waals surface area (Å²) in [6, 6.07) is 14.3. The minimum absolute atomic E-state index is 0.113. The summed E-state index contributed by atoms with van der Waals surface area (Å²) in [7, 11) is 1.57. The van der Waals surface area contributed by atoms with Gasteiger partial charge in [-0.2, -0.15) is 0 Å². The van der Waals surface area contributed by atoms with Crippen molar-refractivity contribution in [3.05, 3.63) is 64.7 Å². The topological polar surface area (TPSA) is 70.2 Å². The molecule has 5 nitrogen and oxygen atoms in total. The SMILES string of the molecule is CNC(=O)c1cccc(NCC(=O)NCc2ccccc2Cl)c1. The fraction of sp³-hybridized carbons (Fsp3) is 0.176. The van der Waals surface area contributed by atoms with E-state index in [1.165, 1.54) is 0 Å². The molecule has 0 aromatic heterocycles. The quantitative estimate of drug-likeness (QED) is 0.761. The first kappa shape index (κ1) is 16.8. The molecule has 3 N–H and O–H groups in total. The van der Waals surface area contributed by atoms with E-state index in [0.29, 0.717) is 22.8 Å². The number of hydrogen-bond acceptors (Lipinski definition) is 3. The zero-order valence-corrected chi connectivity index (χ0v) is 13.5. The summed E-state index contributed by atoms with van der Waals surface area (Å²) in [6.07, 6.45) is 0. The van der Waals surface area contributed by atoms with Crippen molar-refractivity contribution in [2.24, 2.45) is 0 Å². The zero-order valence-electron chi connectivity index (χ0n) is 12.7. The Kier molecular flexibility index (Phi) is 6.00. The summed E-state index contributed by atoms with van der Waals surface area (Å²) >= 11 is 6.04. The van der Waals surface area contributed by atoms with Gasteiger partial charge in [0.2, 0.25) is 5.91 Å². The van der Waals surface area contributed by atoms with Crippen molar-refractivity contribution < 1.29 is 9.59 Å². The van der Waals surface area contributed by atoms with E-state index in [2.05, 4.69) is 16.0 Å². The van der Waals surface area contributed by atoms with Crippen LogP contribution >= 0.6 is 11.6 Å². The van der Waals surface area contributed by atoms with Gasteiger partial charge in [-0.05, 0) is 29.8 Å². The molecule has 0 atom stereocenters. The second kappa shape index (κ2) is 8.19. The number of halogens is 1. The summed E-state index contributed by atoms with van der Waals surface area (Å²) in [5, 5.41) is 8.97. The van der Waals surface area contributed by atoms with Crippen LogP contribution in [-0.4, -0.2) is 25.4 Å². The van der Waals surface area contributed by atoms with Gasteiger partial charge in [0.1, 0.15) is 0 Å². The molecule has 2 rings (SSSR count). The third-order valence-corrected chi connectivity index (χ3v) is 3.61. The van der Waals surface area contributed by atoms with Crippen molar-refractivity contribution in [2.75, 3.05) is 18.9 Å². The molecular weight excluding hydrogens is 314 g/mol. The second-order valence-corrected chi connectivity index (χ2v) is 5.29. The molecule has 2 aromatic rings. The lowest BCUT2D eigenvalue weighted by Gasteiger charge is -2.09. The van der Waals surface area contributed by atoms with Crippen LogP contribution in [0.5, 0.6) is 0 Å². The van der Waals surface area contributed by atoms with Gasteiger partial charge in [-0.3, -0.25) is 9.59 Å². The highest BCUT2D eigenvalue weighted by atomic mass is 35.5. The largest absolute Gasteiger partial charge is 0.376 e. The normalized spacial score (nSPS) is 10.0. The lowest BCUT2D eigenvalue weighted by Crippen LogP contribution is -2.29. The Bertz CT molecular complexity index is 704. The molecule has 23 heavy (non-hydrogen) atoms. The summed E-state index contributed by atoms with van der Waals surface area (Å²) in [4.78, 5) is 23.4. The monoisotopic (exact) mass is 331 g/mol. The number of anilines is 1. The van der Waals surface area contributed by atoms with E-state index < -0.39 is 0 Å². The molecule has 0 heterocycles. The van der Waals surface area contributed by atoms with Gasteiger partial charge in [0.15, 0.2) is 0 Å². The van der Waals surface area contributed by atoms with E-state index in [0.717, 1.165) is 5.56 Å². The fourth-order valence-corrected chi connectivity index (χ4v) is 2.20. The van der Waals surface area contributed by atoms with Crippen LogP contribution in [0.15, 0.2) is 48.5 Å². The average Bonchev–Trinajstić information content (AvgIpc) is 2.58. The molecule has 0 aliphatic rings. The van der Waals surface area contributed by atoms with Gasteiger partial charge in [-0.15, -0.1) is 0 Å². The standard InChI is InChI=1S/C17H18ClN3O2/c1-19-17(23)12-6-4-7-14(9-12)20-11-16(22)21-10-13-5-2-3-8-15(13)18/h2-9,20H,10-11H2,1H3,(H,19,23)(H,21,22). The number of carbonyl (C=O) groups excluding carboxylic acids is 2. The summed E-state index contributed by atoms with van der Waals surface area (Å²) in [6.45, 7) is 0.486. The molecule has 120 valence electrons. The lowest BCUT2D eigenvalue weighted by atomic mass is 10.2. The summed E-state index contributed by atoms with van der Waals surface area (Å²) < 4.78 is 0. The van der Waals surface area contributed by atoms with E-state index in [1.54, 1.807) is 37.4 Å². The van der Waals surface area contributed by atoms with Gasteiger partial charge in [-0.1, -0.05) is 35.9 Å². The van der Waals surface area contributed by atoms with E-state index >= 15 is 0 Å². The maximum atomic E-state index is 11.9. The first-order valence-electron chi connectivity index (χ1n) is 7.16. The fourth-order valence-electron chi connectivity index (χ4n) is 2.00. The zero-order chi connectivity index (χ0) is 16.7. The highest BCUT2D eigenvalue weighted by Gasteiger charge is 2.06. The Balaban J connectivity index is 1.85. The Morgan fingerprint density at radius 3 is 2.61 bits per heavy atom. The van der Waals surface area contributed by atoms with E-state index in [4.69, 9.17) is 11.6 Å². The van der Waals surface area contributed by atoms with Gasteiger partial charge < -0.3 is 16.0 Å². The molecule has 0 fully saturated rings. The van der Waals surface area contributed by atoms with Crippen molar-refractivity contribution in [1.82, 2.24) is 10.6 Å². The van der Waals surface area contributed by atoms with Gasteiger partial charge in [-0.25, -0.2) is 0 Å². The van der Waals surface area contributed by atoms with Crippen LogP contribution in [0.4, 0.5) is 5.69 Å². The first-order valence-corrected chi connectivity index (χ1v) is 7.54. The van der Waals surface area contributed by atoms with Gasteiger partial charge >= 0.3 is 0 Å². The van der Waals surface area contributed by atoms with Crippen molar-refractivity contribution in [3.63, 3.8) is 0 Å². The maximum Gasteiger partial charge on any atom is 0.251 e. The number of carbonyl (C=O) groups is 2. The van der Waals surface area contributed by atoms with Crippen LogP contribution < -0.4 is 16.0 Å². The maximum absolute atomic E-state index is 11.9. The molecule has 6 heteroatoms. The molecule has 0 saturated carbocycles. The number of nitrogens with one attached hydrogen (secondary N) is 3. The van der Waals surface area contributed by atoms with Crippen LogP contribution in [0.25, 0.3) is 0 Å². The van der Waals surface area contributed by atoms with Crippen molar-refractivity contribution in [3.8, 4) is 0 Å². The number of rotatable bonds is 6. The predicted molar refractivity (Wildman–Crippen MR) is 91.6 cm³/mol. The number of hydrogen-bond donors (Lipinski definition) is 3. The molecular formula is C17H18ClN3O2. The Morgan fingerprint density at radius 2 is 1.87 bits per heavy atom. The Labute approximate surface area is 140 Å². The van der Waals surface area contributed by atoms with Crippen molar-refractivity contribution in [2.45, 2.75) is 6.54 Å². The van der Waals surface area contributed by atoms with E-state index in [-0.39, 0.29) is 18.4 Å². The van der Waals surface area contributed by atoms with Crippen LogP contribution in [-0.2, 0) is 11.3 Å². The number of amides is 2. The third kappa shape index (κ3) is 5.00. The number of benzene rings is 2. The average molecular weight is 332 g/mol. The van der Waals surface area contributed by atoms with Crippen LogP contribution in [0.3, 0.4) is 0 Å². The molecule has 0 unspecified atom stereocenters. The smallest absolute Gasteiger partial charge is 0.251 e. The molecule has 0 saturated heterocycles. The molecule has 0 aliphatic carbocycles. The summed E-state index contributed by atoms with van der Waals surface area (Å²) in [5.74, 6) is -0.327. The van der Waals surface area contributed by atoms with Gasteiger partial charge in [0.25, 0.3) is 5.91 Å². The van der Waals surface area contributed by atoms with Gasteiger partial charge in [0.05, 0.1) is 6.54 Å². The molecule has 2 amide bonds. The highest BCUT2D eigenvalue weighted by Crippen LogP contribution is 2.14. The summed E-state index contributed by atoms with van der Waals surface area (Å²) in [5.41, 5.74) is 2.11. The highest BCUT2D eigenvalue weighted by molar-refractivity contribution is 6.31. The van der Waals surface area contributed by atoms with Crippen LogP contribution in [0.2, 0.25) is 5.02 Å². The minimum atomic E-state index is -0.170. The van der Waals surface area contributed by atoms with Crippen LogP contribution in [0, 0.1) is 0 Å². The Morgan fingerprint density at radius 1 is 1.09 bits per heavy atom. The third-order valence-electron chi connectivity index (χ3n) is 3.24. The molecule has 0 spiro atoms. The first-order chi connectivity index (χ1) is 11.1. The Hall–Kier alpha value is -2.53. The van der Waals surface area contributed by atoms with E-state index in [9.17, 15) is 9.59 Å². The van der Waals surface area contributed by atoms with Crippen molar-refractivity contribution >= 4 is 29.1 Å². The van der Waals surface area contributed by atoms with E-state index in [1.807, 2.05) is 18.2 Å². The molecule has 0 bridgehead atoms. The van der Waals surface area contributed by atoms with Gasteiger partial charge in [0, 0.05) is 29.9 Å². The van der Waals surface area contributed by atoms with Crippen LogP contribution in [0.1, 0.15) is 15.9 Å². The molecule has 2 aromatic carbocycles. The predicted octanol–water partition coefficient (Wildman–Crippen LogP) is 2.43. The molecule has 0 radical (unpaired) electrons. The second-order valence-electron chi connectivity index (χ2n) is 4.88. The lowest BCUT2D eigenvalue weighted by molar-refractivity contribution is -0.119. The van der Waals surface area contributed by atoms with Crippen molar-refractivity contribution in [1.29, 1.82) is 0 Å². The minimum Gasteiger partial charge on any atom is -0.376 e. The molecule has 0 aliphatic heterocycles.